The molecule has 0 aliphatic rings. The first kappa shape index (κ1) is 15.6. The van der Waals surface area contributed by atoms with E-state index in [1.54, 1.807) is 13.2 Å². The van der Waals surface area contributed by atoms with Crippen LogP contribution in [-0.4, -0.2) is 24.7 Å². The SMILES string of the molecule is COc1cc(Cl)c(C)cc1NCCCCCC(=O)O. The summed E-state index contributed by atoms with van der Waals surface area (Å²) in [6, 6.07) is 3.75. The molecule has 106 valence electrons. The minimum Gasteiger partial charge on any atom is -0.495 e. The third kappa shape index (κ3) is 5.39. The number of hydrogen-bond acceptors (Lipinski definition) is 3. The van der Waals surface area contributed by atoms with Gasteiger partial charge in [0.2, 0.25) is 0 Å². The highest BCUT2D eigenvalue weighted by atomic mass is 35.5. The number of aryl methyl sites for hydroxylation is 1. The molecule has 4 nitrogen and oxygen atoms in total. The molecule has 0 saturated heterocycles. The van der Waals surface area contributed by atoms with Gasteiger partial charge in [-0.25, -0.2) is 0 Å². The molecule has 5 heteroatoms. The van der Waals surface area contributed by atoms with Gasteiger partial charge in [0.15, 0.2) is 0 Å². The summed E-state index contributed by atoms with van der Waals surface area (Å²) in [7, 11) is 1.61. The minimum atomic E-state index is -0.733. The molecule has 0 unspecified atom stereocenters. The third-order valence-electron chi connectivity index (χ3n) is 2.86. The lowest BCUT2D eigenvalue weighted by atomic mass is 10.1. The maximum Gasteiger partial charge on any atom is 0.303 e. The van der Waals surface area contributed by atoms with Crippen molar-refractivity contribution < 1.29 is 14.6 Å². The first-order valence-corrected chi connectivity index (χ1v) is 6.72. The molecule has 0 aromatic heterocycles. The lowest BCUT2D eigenvalue weighted by Crippen LogP contribution is -2.04. The van der Waals surface area contributed by atoms with Crippen LogP contribution in [0.4, 0.5) is 5.69 Å². The zero-order valence-electron chi connectivity index (χ0n) is 11.3. The number of rotatable bonds is 8. The number of benzene rings is 1. The van der Waals surface area contributed by atoms with E-state index in [2.05, 4.69) is 5.32 Å². The number of halogens is 1. The predicted molar refractivity (Wildman–Crippen MR) is 77.3 cm³/mol. The summed E-state index contributed by atoms with van der Waals surface area (Å²) in [5, 5.41) is 12.5. The minimum absolute atomic E-state index is 0.239. The molecule has 0 aliphatic carbocycles. The fourth-order valence-electron chi connectivity index (χ4n) is 1.77. The van der Waals surface area contributed by atoms with Crippen LogP contribution in [-0.2, 0) is 4.79 Å². The van der Waals surface area contributed by atoms with Crippen molar-refractivity contribution in [2.45, 2.75) is 32.6 Å². The number of carboxylic acid groups (broad SMARTS) is 1. The van der Waals surface area contributed by atoms with Crippen LogP contribution in [0.1, 0.15) is 31.2 Å². The Morgan fingerprint density at radius 2 is 2.11 bits per heavy atom. The van der Waals surface area contributed by atoms with Gasteiger partial charge in [0.25, 0.3) is 0 Å². The first-order chi connectivity index (χ1) is 9.04. The Labute approximate surface area is 118 Å². The quantitative estimate of drug-likeness (QED) is 0.715. The molecule has 2 N–H and O–H groups in total. The Morgan fingerprint density at radius 1 is 1.37 bits per heavy atom. The van der Waals surface area contributed by atoms with E-state index in [4.69, 9.17) is 21.4 Å². The van der Waals surface area contributed by atoms with Gasteiger partial charge in [0.1, 0.15) is 5.75 Å². The lowest BCUT2D eigenvalue weighted by Gasteiger charge is -2.13. The molecule has 1 rings (SSSR count). The molecule has 0 aliphatic heterocycles. The van der Waals surface area contributed by atoms with Gasteiger partial charge in [0.05, 0.1) is 12.8 Å². The van der Waals surface area contributed by atoms with Crippen LogP contribution in [0.25, 0.3) is 0 Å². The van der Waals surface area contributed by atoms with E-state index in [0.29, 0.717) is 11.4 Å². The van der Waals surface area contributed by atoms with E-state index in [1.165, 1.54) is 0 Å². The van der Waals surface area contributed by atoms with Crippen LogP contribution in [0.2, 0.25) is 5.02 Å². The zero-order chi connectivity index (χ0) is 14.3. The highest BCUT2D eigenvalue weighted by molar-refractivity contribution is 6.31. The van der Waals surface area contributed by atoms with Gasteiger partial charge in [-0.2, -0.15) is 0 Å². The van der Waals surface area contributed by atoms with Crippen molar-refractivity contribution in [1.29, 1.82) is 0 Å². The van der Waals surface area contributed by atoms with E-state index in [9.17, 15) is 4.79 Å². The predicted octanol–water partition coefficient (Wildman–Crippen LogP) is 3.71. The zero-order valence-corrected chi connectivity index (χ0v) is 12.1. The Kier molecular flexibility index (Phi) is 6.50. The fraction of sp³-hybridized carbons (Fsp3) is 0.500. The van der Waals surface area contributed by atoms with Crippen molar-refractivity contribution >= 4 is 23.3 Å². The van der Waals surface area contributed by atoms with Crippen molar-refractivity contribution in [1.82, 2.24) is 0 Å². The monoisotopic (exact) mass is 285 g/mol. The normalized spacial score (nSPS) is 10.3. The van der Waals surface area contributed by atoms with Crippen LogP contribution in [0.15, 0.2) is 12.1 Å². The summed E-state index contributed by atoms with van der Waals surface area (Å²) in [6.45, 7) is 2.73. The van der Waals surface area contributed by atoms with Crippen LogP contribution < -0.4 is 10.1 Å². The van der Waals surface area contributed by atoms with Crippen molar-refractivity contribution in [2.24, 2.45) is 0 Å². The van der Waals surface area contributed by atoms with Crippen molar-refractivity contribution in [2.75, 3.05) is 19.0 Å². The fourth-order valence-corrected chi connectivity index (χ4v) is 1.93. The van der Waals surface area contributed by atoms with Gasteiger partial charge >= 0.3 is 5.97 Å². The first-order valence-electron chi connectivity index (χ1n) is 6.34. The Balaban J connectivity index is 2.40. The third-order valence-corrected chi connectivity index (χ3v) is 3.27. The molecule has 0 heterocycles. The number of ether oxygens (including phenoxy) is 1. The summed E-state index contributed by atoms with van der Waals surface area (Å²) in [4.78, 5) is 10.4. The number of hydrogen-bond donors (Lipinski definition) is 2. The molecule has 1 aromatic carbocycles. The highest BCUT2D eigenvalue weighted by Gasteiger charge is 2.06. The van der Waals surface area contributed by atoms with Crippen LogP contribution in [0.3, 0.4) is 0 Å². The Morgan fingerprint density at radius 3 is 2.74 bits per heavy atom. The van der Waals surface area contributed by atoms with Gasteiger partial charge in [-0.05, 0) is 31.4 Å². The standard InChI is InChI=1S/C14H20ClNO3/c1-10-8-12(13(19-2)9-11(10)15)16-7-5-3-4-6-14(17)18/h8-9,16H,3-7H2,1-2H3,(H,17,18). The molecular formula is C14H20ClNO3. The molecule has 0 atom stereocenters. The molecule has 0 amide bonds. The van der Waals surface area contributed by atoms with E-state index < -0.39 is 5.97 Å². The number of unbranched alkanes of at least 4 members (excludes halogenated alkanes) is 2. The molecule has 0 fully saturated rings. The Bertz CT molecular complexity index is 435. The number of carbonyl (C=O) groups is 1. The maximum atomic E-state index is 10.4. The van der Waals surface area contributed by atoms with Gasteiger partial charge in [0, 0.05) is 24.1 Å². The average molecular weight is 286 g/mol. The molecular weight excluding hydrogens is 266 g/mol. The molecule has 0 bridgehead atoms. The molecule has 1 aromatic rings. The second kappa shape index (κ2) is 7.89. The lowest BCUT2D eigenvalue weighted by molar-refractivity contribution is -0.137. The molecule has 0 radical (unpaired) electrons. The van der Waals surface area contributed by atoms with Crippen molar-refractivity contribution in [3.05, 3.63) is 22.7 Å². The average Bonchev–Trinajstić information content (AvgIpc) is 2.36. The highest BCUT2D eigenvalue weighted by Crippen LogP contribution is 2.30. The summed E-state index contributed by atoms with van der Waals surface area (Å²) in [5.41, 5.74) is 1.92. The topological polar surface area (TPSA) is 58.6 Å². The molecule has 19 heavy (non-hydrogen) atoms. The summed E-state index contributed by atoms with van der Waals surface area (Å²) in [6.07, 6.45) is 2.78. The van der Waals surface area contributed by atoms with Crippen LogP contribution in [0.5, 0.6) is 5.75 Å². The maximum absolute atomic E-state index is 10.4. The van der Waals surface area contributed by atoms with E-state index in [-0.39, 0.29) is 6.42 Å². The van der Waals surface area contributed by atoms with Crippen LogP contribution >= 0.6 is 11.6 Å². The number of carboxylic acids is 1. The Hall–Kier alpha value is -1.42. The summed E-state index contributed by atoms with van der Waals surface area (Å²) in [5.74, 6) is -0.0101. The van der Waals surface area contributed by atoms with Gasteiger partial charge in [-0.3, -0.25) is 4.79 Å². The van der Waals surface area contributed by atoms with E-state index in [0.717, 1.165) is 36.4 Å². The number of methoxy groups -OCH3 is 1. The van der Waals surface area contributed by atoms with E-state index in [1.807, 2.05) is 13.0 Å². The summed E-state index contributed by atoms with van der Waals surface area (Å²) < 4.78 is 5.27. The number of aliphatic carboxylic acids is 1. The van der Waals surface area contributed by atoms with E-state index >= 15 is 0 Å². The van der Waals surface area contributed by atoms with Crippen LogP contribution in [0, 0.1) is 6.92 Å². The number of nitrogens with one attached hydrogen (secondary N) is 1. The second-order valence-corrected chi connectivity index (χ2v) is 4.84. The molecule has 0 saturated carbocycles. The van der Waals surface area contributed by atoms with Crippen molar-refractivity contribution in [3.63, 3.8) is 0 Å². The molecule has 0 spiro atoms. The smallest absolute Gasteiger partial charge is 0.303 e. The second-order valence-electron chi connectivity index (χ2n) is 4.43. The van der Waals surface area contributed by atoms with Crippen molar-refractivity contribution in [3.8, 4) is 5.75 Å². The van der Waals surface area contributed by atoms with Gasteiger partial charge < -0.3 is 15.2 Å². The largest absolute Gasteiger partial charge is 0.495 e. The number of anilines is 1. The summed E-state index contributed by atoms with van der Waals surface area (Å²) >= 11 is 6.03. The van der Waals surface area contributed by atoms with Gasteiger partial charge in [-0.15, -0.1) is 0 Å². The van der Waals surface area contributed by atoms with Gasteiger partial charge in [-0.1, -0.05) is 18.0 Å².